The second kappa shape index (κ2) is 5.47. The molecular weight excluding hydrogens is 224 g/mol. The summed E-state index contributed by atoms with van der Waals surface area (Å²) in [6.45, 7) is 4.05. The molecule has 0 saturated carbocycles. The van der Waals surface area contributed by atoms with Crippen LogP contribution in [0.2, 0.25) is 0 Å². The van der Waals surface area contributed by atoms with Crippen molar-refractivity contribution in [2.45, 2.75) is 13.8 Å². The molecule has 0 heterocycles. The number of hydroxylamine groups is 1. The van der Waals surface area contributed by atoms with Gasteiger partial charge in [-0.2, -0.15) is 0 Å². The van der Waals surface area contributed by atoms with Gasteiger partial charge in [-0.15, -0.1) is 0 Å². The third-order valence-corrected chi connectivity index (χ3v) is 2.71. The van der Waals surface area contributed by atoms with E-state index >= 15 is 0 Å². The van der Waals surface area contributed by atoms with E-state index in [9.17, 15) is 5.21 Å². The van der Waals surface area contributed by atoms with E-state index in [-0.39, 0.29) is 0 Å². The molecule has 0 unspecified atom stereocenters. The number of hydrogen-bond acceptors (Lipinski definition) is 2. The zero-order valence-electron chi connectivity index (χ0n) is 10.5. The molecule has 2 aromatic rings. The lowest BCUT2D eigenvalue weighted by atomic mass is 10.1. The van der Waals surface area contributed by atoms with Crippen LogP contribution in [-0.2, 0) is 0 Å². The molecule has 0 aliphatic carbocycles. The van der Waals surface area contributed by atoms with E-state index in [1.54, 1.807) is 0 Å². The quantitative estimate of drug-likeness (QED) is 0.480. The van der Waals surface area contributed by atoms with E-state index in [0.29, 0.717) is 5.84 Å². The van der Waals surface area contributed by atoms with Crippen LogP contribution in [0.15, 0.2) is 53.5 Å². The molecule has 2 N–H and O–H groups in total. The van der Waals surface area contributed by atoms with E-state index in [0.717, 1.165) is 11.3 Å². The third kappa shape index (κ3) is 2.96. The van der Waals surface area contributed by atoms with Crippen LogP contribution in [0.5, 0.6) is 0 Å². The first-order chi connectivity index (χ1) is 8.69. The third-order valence-electron chi connectivity index (χ3n) is 2.71. The monoisotopic (exact) mass is 240 g/mol. The largest absolute Gasteiger partial charge is 0.290 e. The standard InChI is InChI=1S/C15H16N2O/c1-11-3-7-13(8-4-11)15(17-18)16-14-9-5-12(2)6-10-14/h3-10,18H,1-2H3,(H,16,17). The average Bonchev–Trinajstić information content (AvgIpc) is 2.39. The number of amidine groups is 1. The van der Waals surface area contributed by atoms with Crippen LogP contribution in [-0.4, -0.2) is 11.0 Å². The number of rotatable bonds is 2. The Hall–Kier alpha value is -2.13. The number of aryl methyl sites for hydroxylation is 2. The van der Waals surface area contributed by atoms with Crippen LogP contribution in [0.1, 0.15) is 16.7 Å². The number of nitrogens with one attached hydrogen (secondary N) is 1. The van der Waals surface area contributed by atoms with Crippen LogP contribution in [0.3, 0.4) is 0 Å². The Morgan fingerprint density at radius 2 is 1.39 bits per heavy atom. The maximum absolute atomic E-state index is 9.18. The molecule has 3 heteroatoms. The van der Waals surface area contributed by atoms with Crippen molar-refractivity contribution in [3.63, 3.8) is 0 Å². The van der Waals surface area contributed by atoms with Gasteiger partial charge in [0.15, 0.2) is 5.84 Å². The van der Waals surface area contributed by atoms with Crippen LogP contribution < -0.4 is 5.48 Å². The SMILES string of the molecule is Cc1ccc(N=C(NO)c2ccc(C)cc2)cc1. The van der Waals surface area contributed by atoms with Crippen molar-refractivity contribution in [2.24, 2.45) is 4.99 Å². The van der Waals surface area contributed by atoms with Crippen molar-refractivity contribution in [3.05, 3.63) is 65.2 Å². The van der Waals surface area contributed by atoms with Gasteiger partial charge in [-0.05, 0) is 26.0 Å². The Bertz CT molecular complexity index is 542. The Morgan fingerprint density at radius 1 is 0.889 bits per heavy atom. The van der Waals surface area contributed by atoms with Crippen molar-refractivity contribution in [2.75, 3.05) is 0 Å². The lowest BCUT2D eigenvalue weighted by Gasteiger charge is -2.05. The van der Waals surface area contributed by atoms with Crippen molar-refractivity contribution >= 4 is 11.5 Å². The number of hydrogen-bond donors (Lipinski definition) is 2. The van der Waals surface area contributed by atoms with Crippen molar-refractivity contribution in [1.29, 1.82) is 0 Å². The summed E-state index contributed by atoms with van der Waals surface area (Å²) in [5.74, 6) is 0.443. The maximum Gasteiger partial charge on any atom is 0.157 e. The first kappa shape index (κ1) is 12.3. The number of aliphatic imine (C=N–C) groups is 1. The Morgan fingerprint density at radius 3 is 1.89 bits per heavy atom. The fourth-order valence-corrected chi connectivity index (χ4v) is 1.61. The van der Waals surface area contributed by atoms with E-state index in [1.165, 1.54) is 11.1 Å². The molecule has 0 aliphatic rings. The van der Waals surface area contributed by atoms with Gasteiger partial charge >= 0.3 is 0 Å². The van der Waals surface area contributed by atoms with Gasteiger partial charge in [0, 0.05) is 5.56 Å². The molecule has 0 saturated heterocycles. The first-order valence-electron chi connectivity index (χ1n) is 5.81. The highest BCUT2D eigenvalue weighted by molar-refractivity contribution is 5.99. The first-order valence-corrected chi connectivity index (χ1v) is 5.81. The Kier molecular flexibility index (Phi) is 3.75. The molecule has 0 fully saturated rings. The Labute approximate surface area is 107 Å². The molecule has 0 aliphatic heterocycles. The molecule has 0 spiro atoms. The van der Waals surface area contributed by atoms with Gasteiger partial charge in [-0.1, -0.05) is 47.5 Å². The summed E-state index contributed by atoms with van der Waals surface area (Å²) in [7, 11) is 0. The lowest BCUT2D eigenvalue weighted by molar-refractivity contribution is 0.235. The molecular formula is C15H16N2O. The highest BCUT2D eigenvalue weighted by atomic mass is 16.5. The summed E-state index contributed by atoms with van der Waals surface area (Å²) in [5, 5.41) is 9.18. The molecule has 92 valence electrons. The van der Waals surface area contributed by atoms with Crippen molar-refractivity contribution in [1.82, 2.24) is 5.48 Å². The minimum atomic E-state index is 0.443. The minimum absolute atomic E-state index is 0.443. The second-order valence-electron chi connectivity index (χ2n) is 4.27. The molecule has 0 radical (unpaired) electrons. The zero-order chi connectivity index (χ0) is 13.0. The summed E-state index contributed by atoms with van der Waals surface area (Å²) in [5.41, 5.74) is 6.16. The van der Waals surface area contributed by atoms with Crippen LogP contribution >= 0.6 is 0 Å². The minimum Gasteiger partial charge on any atom is -0.290 e. The smallest absolute Gasteiger partial charge is 0.157 e. The molecule has 0 amide bonds. The van der Waals surface area contributed by atoms with Gasteiger partial charge in [0.1, 0.15) is 0 Å². The summed E-state index contributed by atoms with van der Waals surface area (Å²) in [4.78, 5) is 4.37. The summed E-state index contributed by atoms with van der Waals surface area (Å²) in [6.07, 6.45) is 0. The van der Waals surface area contributed by atoms with E-state index in [4.69, 9.17) is 0 Å². The second-order valence-corrected chi connectivity index (χ2v) is 4.27. The fourth-order valence-electron chi connectivity index (χ4n) is 1.61. The fraction of sp³-hybridized carbons (Fsp3) is 0.133. The lowest BCUT2D eigenvalue weighted by Crippen LogP contribution is -2.19. The van der Waals surface area contributed by atoms with Gasteiger partial charge in [0.25, 0.3) is 0 Å². The maximum atomic E-state index is 9.18. The van der Waals surface area contributed by atoms with E-state index < -0.39 is 0 Å². The van der Waals surface area contributed by atoms with Crippen LogP contribution in [0.25, 0.3) is 0 Å². The summed E-state index contributed by atoms with van der Waals surface area (Å²) in [6, 6.07) is 15.6. The molecule has 2 rings (SSSR count). The highest BCUT2D eigenvalue weighted by Gasteiger charge is 2.02. The molecule has 18 heavy (non-hydrogen) atoms. The topological polar surface area (TPSA) is 44.6 Å². The Balaban J connectivity index is 2.33. The predicted molar refractivity (Wildman–Crippen MR) is 73.5 cm³/mol. The molecule has 0 aromatic heterocycles. The average molecular weight is 240 g/mol. The number of nitrogens with zero attached hydrogens (tertiary/aromatic N) is 1. The van der Waals surface area contributed by atoms with Crippen molar-refractivity contribution in [3.8, 4) is 0 Å². The van der Waals surface area contributed by atoms with Crippen LogP contribution in [0.4, 0.5) is 5.69 Å². The zero-order valence-corrected chi connectivity index (χ0v) is 10.5. The van der Waals surface area contributed by atoms with Gasteiger partial charge in [-0.25, -0.2) is 4.99 Å². The van der Waals surface area contributed by atoms with Gasteiger partial charge in [0.05, 0.1) is 5.69 Å². The molecule has 3 nitrogen and oxygen atoms in total. The molecule has 0 bridgehead atoms. The summed E-state index contributed by atoms with van der Waals surface area (Å²) < 4.78 is 0. The van der Waals surface area contributed by atoms with Crippen LogP contribution in [0, 0.1) is 13.8 Å². The van der Waals surface area contributed by atoms with E-state index in [1.807, 2.05) is 62.4 Å². The molecule has 2 aromatic carbocycles. The van der Waals surface area contributed by atoms with Crippen molar-refractivity contribution < 1.29 is 5.21 Å². The number of benzene rings is 2. The normalized spacial score (nSPS) is 11.4. The van der Waals surface area contributed by atoms with Gasteiger partial charge in [0.2, 0.25) is 0 Å². The van der Waals surface area contributed by atoms with Gasteiger partial charge in [-0.3, -0.25) is 10.7 Å². The summed E-state index contributed by atoms with van der Waals surface area (Å²) >= 11 is 0. The van der Waals surface area contributed by atoms with E-state index in [2.05, 4.69) is 10.5 Å². The predicted octanol–water partition coefficient (Wildman–Crippen LogP) is 3.36. The molecule has 0 atom stereocenters. The van der Waals surface area contributed by atoms with Gasteiger partial charge < -0.3 is 0 Å². The highest BCUT2D eigenvalue weighted by Crippen LogP contribution is 2.14.